The second kappa shape index (κ2) is 6.49. The molecule has 1 aromatic carbocycles. The van der Waals surface area contributed by atoms with E-state index in [1.165, 1.54) is 7.11 Å². The Morgan fingerprint density at radius 1 is 1.17 bits per heavy atom. The van der Waals surface area contributed by atoms with Crippen molar-refractivity contribution in [1.29, 1.82) is 0 Å². The van der Waals surface area contributed by atoms with Gasteiger partial charge in [0.25, 0.3) is 5.91 Å². The molecule has 2 aromatic heterocycles. The standard InChI is InChI=1S/C18H17NO4S/c1-10-12-6-4-5-7-13(12)23-16(10)11(2)19-17(20)14-8-9-15(24-14)18(21)22-3/h4-9,11H,1-3H3,(H,19,20). The van der Waals surface area contributed by atoms with Crippen molar-refractivity contribution in [3.8, 4) is 0 Å². The Balaban J connectivity index is 1.79. The van der Waals surface area contributed by atoms with Gasteiger partial charge in [-0.3, -0.25) is 4.79 Å². The number of carbonyl (C=O) groups is 2. The van der Waals surface area contributed by atoms with Crippen LogP contribution in [0.4, 0.5) is 0 Å². The van der Waals surface area contributed by atoms with Crippen molar-refractivity contribution in [2.75, 3.05) is 7.11 Å². The van der Waals surface area contributed by atoms with Gasteiger partial charge >= 0.3 is 5.97 Å². The largest absolute Gasteiger partial charge is 0.465 e. The Kier molecular flexibility index (Phi) is 4.40. The average molecular weight is 343 g/mol. The third-order valence-electron chi connectivity index (χ3n) is 3.84. The van der Waals surface area contributed by atoms with Crippen molar-refractivity contribution < 1.29 is 18.7 Å². The highest BCUT2D eigenvalue weighted by Gasteiger charge is 2.20. The zero-order valence-corrected chi connectivity index (χ0v) is 14.4. The Morgan fingerprint density at radius 3 is 2.58 bits per heavy atom. The van der Waals surface area contributed by atoms with Gasteiger partial charge in [0, 0.05) is 10.9 Å². The fourth-order valence-electron chi connectivity index (χ4n) is 2.61. The lowest BCUT2D eigenvalue weighted by Crippen LogP contribution is -2.26. The van der Waals surface area contributed by atoms with Gasteiger partial charge in [0.2, 0.25) is 0 Å². The molecule has 3 aromatic rings. The van der Waals surface area contributed by atoms with Gasteiger partial charge in [0.15, 0.2) is 0 Å². The van der Waals surface area contributed by atoms with E-state index in [-0.39, 0.29) is 11.9 Å². The molecule has 2 heterocycles. The van der Waals surface area contributed by atoms with Gasteiger partial charge in [-0.25, -0.2) is 4.79 Å². The molecule has 0 aliphatic rings. The number of benzene rings is 1. The molecule has 5 nitrogen and oxygen atoms in total. The third kappa shape index (κ3) is 2.92. The second-order valence-electron chi connectivity index (χ2n) is 5.44. The molecule has 124 valence electrons. The summed E-state index contributed by atoms with van der Waals surface area (Å²) in [5.41, 5.74) is 1.81. The first kappa shape index (κ1) is 16.3. The molecule has 3 rings (SSSR count). The maximum atomic E-state index is 12.4. The summed E-state index contributed by atoms with van der Waals surface area (Å²) in [6.45, 7) is 3.85. The van der Waals surface area contributed by atoms with Crippen LogP contribution in [0.25, 0.3) is 11.0 Å². The summed E-state index contributed by atoms with van der Waals surface area (Å²) in [5.74, 6) is 0.0389. The van der Waals surface area contributed by atoms with Gasteiger partial charge in [-0.1, -0.05) is 18.2 Å². The predicted octanol–water partition coefficient (Wildman–Crippen LogP) is 4.08. The molecule has 0 aliphatic carbocycles. The number of furan rings is 1. The van der Waals surface area contributed by atoms with E-state index in [9.17, 15) is 9.59 Å². The molecule has 1 atom stereocenters. The van der Waals surface area contributed by atoms with Crippen molar-refractivity contribution in [2.24, 2.45) is 0 Å². The molecule has 6 heteroatoms. The van der Waals surface area contributed by atoms with Gasteiger partial charge in [-0.15, -0.1) is 11.3 Å². The summed E-state index contributed by atoms with van der Waals surface area (Å²) in [4.78, 5) is 24.7. The van der Waals surface area contributed by atoms with E-state index >= 15 is 0 Å². The van der Waals surface area contributed by atoms with Crippen LogP contribution >= 0.6 is 11.3 Å². The van der Waals surface area contributed by atoms with Crippen LogP contribution in [0.1, 0.15) is 43.6 Å². The SMILES string of the molecule is COC(=O)c1ccc(C(=O)NC(C)c2oc3ccccc3c2C)s1. The lowest BCUT2D eigenvalue weighted by atomic mass is 10.1. The molecule has 1 N–H and O–H groups in total. The topological polar surface area (TPSA) is 68.5 Å². The molecular weight excluding hydrogens is 326 g/mol. The molecule has 1 unspecified atom stereocenters. The maximum Gasteiger partial charge on any atom is 0.348 e. The summed E-state index contributed by atoms with van der Waals surface area (Å²) < 4.78 is 10.5. The van der Waals surface area contributed by atoms with E-state index in [1.54, 1.807) is 12.1 Å². The monoisotopic (exact) mass is 343 g/mol. The van der Waals surface area contributed by atoms with E-state index in [0.29, 0.717) is 9.75 Å². The lowest BCUT2D eigenvalue weighted by Gasteiger charge is -2.11. The van der Waals surface area contributed by atoms with E-state index < -0.39 is 5.97 Å². The number of amides is 1. The first-order valence-corrected chi connectivity index (χ1v) is 8.30. The molecule has 0 fully saturated rings. The summed E-state index contributed by atoms with van der Waals surface area (Å²) >= 11 is 1.10. The van der Waals surface area contributed by atoms with Crippen molar-refractivity contribution in [1.82, 2.24) is 5.32 Å². The summed E-state index contributed by atoms with van der Waals surface area (Å²) in [6.07, 6.45) is 0. The van der Waals surface area contributed by atoms with Crippen LogP contribution in [0.2, 0.25) is 0 Å². The smallest absolute Gasteiger partial charge is 0.348 e. The average Bonchev–Trinajstić information content (AvgIpc) is 3.20. The number of fused-ring (bicyclic) bond motifs is 1. The quantitative estimate of drug-likeness (QED) is 0.725. The number of aryl methyl sites for hydroxylation is 1. The fraction of sp³-hybridized carbons (Fsp3) is 0.222. The number of carbonyl (C=O) groups excluding carboxylic acids is 2. The number of nitrogens with one attached hydrogen (secondary N) is 1. The molecule has 1 amide bonds. The van der Waals surface area contributed by atoms with Gasteiger partial charge in [-0.05, 0) is 32.0 Å². The first-order valence-electron chi connectivity index (χ1n) is 7.48. The summed E-state index contributed by atoms with van der Waals surface area (Å²) in [7, 11) is 1.31. The van der Waals surface area contributed by atoms with Gasteiger partial charge in [0.05, 0.1) is 18.0 Å². The van der Waals surface area contributed by atoms with Gasteiger partial charge < -0.3 is 14.5 Å². The third-order valence-corrected chi connectivity index (χ3v) is 4.90. The fourth-order valence-corrected chi connectivity index (χ4v) is 3.44. The molecule has 0 radical (unpaired) electrons. The van der Waals surface area contributed by atoms with Gasteiger partial charge in [0.1, 0.15) is 16.2 Å². The van der Waals surface area contributed by atoms with E-state index in [1.807, 2.05) is 38.1 Å². The minimum atomic E-state index is -0.444. The predicted molar refractivity (Wildman–Crippen MR) is 92.5 cm³/mol. The van der Waals surface area contributed by atoms with E-state index in [4.69, 9.17) is 4.42 Å². The summed E-state index contributed by atoms with van der Waals surface area (Å²) in [5, 5.41) is 3.95. The van der Waals surface area contributed by atoms with Crippen LogP contribution in [0, 0.1) is 6.92 Å². The van der Waals surface area contributed by atoms with Crippen molar-refractivity contribution in [3.63, 3.8) is 0 Å². The first-order chi connectivity index (χ1) is 11.5. The highest BCUT2D eigenvalue weighted by Crippen LogP contribution is 2.29. The van der Waals surface area contributed by atoms with Crippen LogP contribution < -0.4 is 5.32 Å². The van der Waals surface area contributed by atoms with E-state index in [0.717, 1.165) is 33.6 Å². The minimum Gasteiger partial charge on any atom is -0.465 e. The zero-order valence-electron chi connectivity index (χ0n) is 13.6. The Morgan fingerprint density at radius 2 is 1.88 bits per heavy atom. The second-order valence-corrected chi connectivity index (χ2v) is 6.52. The molecule has 0 saturated carbocycles. The number of hydrogen-bond acceptors (Lipinski definition) is 5. The van der Waals surface area contributed by atoms with Crippen molar-refractivity contribution >= 4 is 34.2 Å². The zero-order chi connectivity index (χ0) is 17.3. The van der Waals surface area contributed by atoms with E-state index in [2.05, 4.69) is 10.1 Å². The Bertz CT molecular complexity index is 909. The normalized spacial score (nSPS) is 12.1. The molecule has 0 bridgehead atoms. The number of esters is 1. The van der Waals surface area contributed by atoms with Gasteiger partial charge in [-0.2, -0.15) is 0 Å². The molecule has 0 spiro atoms. The van der Waals surface area contributed by atoms with Crippen LogP contribution in [-0.4, -0.2) is 19.0 Å². The molecule has 0 aliphatic heterocycles. The van der Waals surface area contributed by atoms with Crippen molar-refractivity contribution in [3.05, 3.63) is 57.5 Å². The summed E-state index contributed by atoms with van der Waals surface area (Å²) in [6, 6.07) is 10.7. The van der Waals surface area contributed by atoms with Crippen LogP contribution in [-0.2, 0) is 4.74 Å². The Labute approximate surface area is 143 Å². The highest BCUT2D eigenvalue weighted by molar-refractivity contribution is 7.15. The molecule has 0 saturated heterocycles. The minimum absolute atomic E-state index is 0.248. The van der Waals surface area contributed by atoms with Crippen LogP contribution in [0.15, 0.2) is 40.8 Å². The highest BCUT2D eigenvalue weighted by atomic mass is 32.1. The number of hydrogen-bond donors (Lipinski definition) is 1. The lowest BCUT2D eigenvalue weighted by molar-refractivity contribution is 0.0606. The number of para-hydroxylation sites is 1. The van der Waals surface area contributed by atoms with Crippen LogP contribution in [0.5, 0.6) is 0 Å². The van der Waals surface area contributed by atoms with Crippen LogP contribution in [0.3, 0.4) is 0 Å². The molecular formula is C18H17NO4S. The number of rotatable bonds is 4. The Hall–Kier alpha value is -2.60. The van der Waals surface area contributed by atoms with Crippen molar-refractivity contribution in [2.45, 2.75) is 19.9 Å². The number of methoxy groups -OCH3 is 1. The number of ether oxygens (including phenoxy) is 1. The molecule has 24 heavy (non-hydrogen) atoms. The maximum absolute atomic E-state index is 12.4. The number of thiophene rings is 1.